The second-order valence-electron chi connectivity index (χ2n) is 3.97. The van der Waals surface area contributed by atoms with E-state index >= 15 is 0 Å². The van der Waals surface area contributed by atoms with E-state index in [4.69, 9.17) is 5.84 Å². The zero-order chi connectivity index (χ0) is 14.5. The Morgan fingerprint density at radius 1 is 1.20 bits per heavy atom. The molecule has 2 aromatic heterocycles. The Labute approximate surface area is 119 Å². The molecule has 0 radical (unpaired) electrons. The number of hydrazine groups is 1. The maximum Gasteiger partial charge on any atom is 0.275 e. The zero-order valence-electron chi connectivity index (χ0n) is 10.7. The van der Waals surface area contributed by atoms with Crippen molar-refractivity contribution >= 4 is 23.2 Å². The highest BCUT2D eigenvalue weighted by Gasteiger charge is 2.12. The van der Waals surface area contributed by atoms with E-state index in [1.165, 1.54) is 0 Å². The summed E-state index contributed by atoms with van der Waals surface area (Å²) < 4.78 is 0. The van der Waals surface area contributed by atoms with E-state index in [-0.39, 0.29) is 12.5 Å². The molecule has 2 aromatic rings. The summed E-state index contributed by atoms with van der Waals surface area (Å²) in [5.41, 5.74) is 3.50. The van der Waals surface area contributed by atoms with Gasteiger partial charge in [-0.15, -0.1) is 11.3 Å². The molecule has 0 saturated heterocycles. The standard InChI is InChI=1S/C12H13N5O2S/c1-7-4-15-8(5-14-7)6-16-11(18)9-2-3-10(20-9)12(19)17-13/h2-5H,6,13H2,1H3,(H,16,18)(H,17,19). The van der Waals surface area contributed by atoms with Crippen LogP contribution in [0.4, 0.5) is 0 Å². The predicted octanol–water partition coefficient (Wildman–Crippen LogP) is 0.380. The number of nitrogens with one attached hydrogen (secondary N) is 2. The maximum atomic E-state index is 11.9. The van der Waals surface area contributed by atoms with E-state index in [1.807, 2.05) is 12.3 Å². The van der Waals surface area contributed by atoms with Crippen molar-refractivity contribution in [3.8, 4) is 0 Å². The molecule has 104 valence electrons. The molecule has 0 aliphatic carbocycles. The lowest BCUT2D eigenvalue weighted by Crippen LogP contribution is -2.29. The lowest BCUT2D eigenvalue weighted by Gasteiger charge is -2.02. The molecule has 0 aromatic carbocycles. The highest BCUT2D eigenvalue weighted by molar-refractivity contribution is 7.15. The Bertz CT molecular complexity index is 623. The Morgan fingerprint density at radius 3 is 2.50 bits per heavy atom. The van der Waals surface area contributed by atoms with Crippen molar-refractivity contribution in [2.45, 2.75) is 13.5 Å². The average molecular weight is 291 g/mol. The van der Waals surface area contributed by atoms with E-state index in [0.29, 0.717) is 15.4 Å². The van der Waals surface area contributed by atoms with Crippen LogP contribution in [0.3, 0.4) is 0 Å². The molecule has 0 aliphatic rings. The van der Waals surface area contributed by atoms with Crippen molar-refractivity contribution in [3.05, 3.63) is 45.7 Å². The minimum absolute atomic E-state index is 0.270. The van der Waals surface area contributed by atoms with Gasteiger partial charge in [0.25, 0.3) is 11.8 Å². The van der Waals surface area contributed by atoms with Gasteiger partial charge in [-0.05, 0) is 19.1 Å². The fourth-order valence-corrected chi connectivity index (χ4v) is 2.25. The Morgan fingerprint density at radius 2 is 1.90 bits per heavy atom. The first kappa shape index (κ1) is 14.1. The number of amides is 2. The van der Waals surface area contributed by atoms with Crippen molar-refractivity contribution < 1.29 is 9.59 Å². The summed E-state index contributed by atoms with van der Waals surface area (Å²) in [7, 11) is 0. The van der Waals surface area contributed by atoms with Crippen LogP contribution in [-0.4, -0.2) is 21.8 Å². The van der Waals surface area contributed by atoms with Gasteiger partial charge in [-0.25, -0.2) is 5.84 Å². The van der Waals surface area contributed by atoms with Crippen molar-refractivity contribution in [2.75, 3.05) is 0 Å². The molecule has 0 fully saturated rings. The molecule has 2 rings (SSSR count). The molecule has 2 heterocycles. The first-order chi connectivity index (χ1) is 9.60. The van der Waals surface area contributed by atoms with Gasteiger partial charge in [0.15, 0.2) is 0 Å². The van der Waals surface area contributed by atoms with Gasteiger partial charge in [0, 0.05) is 6.20 Å². The number of carbonyl (C=O) groups excluding carboxylic acids is 2. The van der Waals surface area contributed by atoms with Gasteiger partial charge < -0.3 is 5.32 Å². The number of hydrogen-bond donors (Lipinski definition) is 3. The van der Waals surface area contributed by atoms with Crippen molar-refractivity contribution in [2.24, 2.45) is 5.84 Å². The highest BCUT2D eigenvalue weighted by atomic mass is 32.1. The predicted molar refractivity (Wildman–Crippen MR) is 73.9 cm³/mol. The molecule has 0 atom stereocenters. The number of carbonyl (C=O) groups is 2. The van der Waals surface area contributed by atoms with Crippen LogP contribution in [0.2, 0.25) is 0 Å². The van der Waals surface area contributed by atoms with Crippen LogP contribution in [0.1, 0.15) is 30.7 Å². The summed E-state index contributed by atoms with van der Waals surface area (Å²) in [6, 6.07) is 3.12. The van der Waals surface area contributed by atoms with Crippen molar-refractivity contribution in [1.82, 2.24) is 20.7 Å². The van der Waals surface area contributed by atoms with Crippen LogP contribution in [0.15, 0.2) is 24.5 Å². The Hall–Kier alpha value is -2.32. The fraction of sp³-hybridized carbons (Fsp3) is 0.167. The number of nitrogen functional groups attached to an aromatic ring is 1. The van der Waals surface area contributed by atoms with Crippen LogP contribution < -0.4 is 16.6 Å². The number of aromatic nitrogens is 2. The third-order valence-electron chi connectivity index (χ3n) is 2.45. The van der Waals surface area contributed by atoms with Gasteiger partial charge in [0.1, 0.15) is 0 Å². The quantitative estimate of drug-likeness (QED) is 0.428. The van der Waals surface area contributed by atoms with Crippen LogP contribution in [0, 0.1) is 6.92 Å². The van der Waals surface area contributed by atoms with Gasteiger partial charge >= 0.3 is 0 Å². The van der Waals surface area contributed by atoms with Crippen molar-refractivity contribution in [1.29, 1.82) is 0 Å². The van der Waals surface area contributed by atoms with Crippen molar-refractivity contribution in [3.63, 3.8) is 0 Å². The smallest absolute Gasteiger partial charge is 0.275 e. The van der Waals surface area contributed by atoms with Gasteiger partial charge in [-0.2, -0.15) is 0 Å². The first-order valence-corrected chi connectivity index (χ1v) is 6.58. The minimum Gasteiger partial charge on any atom is -0.346 e. The minimum atomic E-state index is -0.418. The number of aryl methyl sites for hydroxylation is 1. The molecule has 7 nitrogen and oxygen atoms in total. The molecule has 4 N–H and O–H groups in total. The molecule has 0 spiro atoms. The van der Waals surface area contributed by atoms with Crippen LogP contribution >= 0.6 is 11.3 Å². The molecule has 0 saturated carbocycles. The summed E-state index contributed by atoms with van der Waals surface area (Å²) in [5, 5.41) is 2.71. The SMILES string of the molecule is Cc1cnc(CNC(=O)c2ccc(C(=O)NN)s2)cn1. The normalized spacial score (nSPS) is 10.1. The van der Waals surface area contributed by atoms with E-state index < -0.39 is 5.91 Å². The lowest BCUT2D eigenvalue weighted by molar-refractivity contribution is 0.0949. The topological polar surface area (TPSA) is 110 Å². The number of thiophene rings is 1. The van der Waals surface area contributed by atoms with Gasteiger partial charge in [-0.3, -0.25) is 25.0 Å². The summed E-state index contributed by atoms with van der Waals surface area (Å²) in [6.07, 6.45) is 3.24. The molecular weight excluding hydrogens is 278 g/mol. The molecule has 0 bridgehead atoms. The van der Waals surface area contributed by atoms with E-state index in [1.54, 1.807) is 24.5 Å². The Kier molecular flexibility index (Phi) is 4.38. The van der Waals surface area contributed by atoms with E-state index in [9.17, 15) is 9.59 Å². The first-order valence-electron chi connectivity index (χ1n) is 5.76. The summed E-state index contributed by atoms with van der Waals surface area (Å²) in [4.78, 5) is 32.2. The summed E-state index contributed by atoms with van der Waals surface area (Å²) >= 11 is 1.07. The monoisotopic (exact) mass is 291 g/mol. The van der Waals surface area contributed by atoms with Crippen LogP contribution in [0.5, 0.6) is 0 Å². The van der Waals surface area contributed by atoms with E-state index in [2.05, 4.69) is 15.3 Å². The molecule has 0 unspecified atom stereocenters. The maximum absolute atomic E-state index is 11.9. The molecule has 0 aliphatic heterocycles. The molecule has 8 heteroatoms. The zero-order valence-corrected chi connectivity index (χ0v) is 11.5. The number of rotatable bonds is 4. The summed E-state index contributed by atoms with van der Waals surface area (Å²) in [5.74, 6) is 4.34. The Balaban J connectivity index is 1.96. The molecular formula is C12H13N5O2S. The number of nitrogens with two attached hydrogens (primary N) is 1. The number of nitrogens with zero attached hydrogens (tertiary/aromatic N) is 2. The van der Waals surface area contributed by atoms with Crippen LogP contribution in [0.25, 0.3) is 0 Å². The third-order valence-corrected chi connectivity index (χ3v) is 3.53. The largest absolute Gasteiger partial charge is 0.346 e. The van der Waals surface area contributed by atoms with Gasteiger partial charge in [0.05, 0.1) is 33.9 Å². The lowest BCUT2D eigenvalue weighted by atomic mass is 10.3. The third kappa shape index (κ3) is 3.37. The second kappa shape index (κ2) is 6.22. The van der Waals surface area contributed by atoms with E-state index in [0.717, 1.165) is 17.0 Å². The molecule has 20 heavy (non-hydrogen) atoms. The van der Waals surface area contributed by atoms with Gasteiger partial charge in [0.2, 0.25) is 0 Å². The highest BCUT2D eigenvalue weighted by Crippen LogP contribution is 2.16. The molecule has 2 amide bonds. The average Bonchev–Trinajstić information content (AvgIpc) is 2.95. The van der Waals surface area contributed by atoms with Gasteiger partial charge in [-0.1, -0.05) is 0 Å². The van der Waals surface area contributed by atoms with Crippen LogP contribution in [-0.2, 0) is 6.54 Å². The number of hydrogen-bond acceptors (Lipinski definition) is 6. The summed E-state index contributed by atoms with van der Waals surface area (Å²) in [6.45, 7) is 2.12. The second-order valence-corrected chi connectivity index (χ2v) is 5.05. The fourth-order valence-electron chi connectivity index (χ4n) is 1.42.